The number of carbonyl (C=O) groups is 1. The Morgan fingerprint density at radius 2 is 1.96 bits per heavy atom. The zero-order valence-corrected chi connectivity index (χ0v) is 16.6. The Morgan fingerprint density at radius 1 is 1.18 bits per heavy atom. The van der Waals surface area contributed by atoms with Gasteiger partial charge in [0, 0.05) is 12.7 Å². The number of benzene rings is 1. The normalized spacial score (nSPS) is 10.9. The summed E-state index contributed by atoms with van der Waals surface area (Å²) in [4.78, 5) is 17.1. The SMILES string of the molecule is COc1ccc(CCCNC(=O)c2cnn(-c3ccccn3)c2C(C)C)cc1. The van der Waals surface area contributed by atoms with Gasteiger partial charge in [-0.2, -0.15) is 5.10 Å². The Labute approximate surface area is 165 Å². The first-order valence-electron chi connectivity index (χ1n) is 9.50. The van der Waals surface area contributed by atoms with Gasteiger partial charge in [0.2, 0.25) is 0 Å². The smallest absolute Gasteiger partial charge is 0.254 e. The maximum atomic E-state index is 12.7. The molecule has 0 saturated carbocycles. The van der Waals surface area contributed by atoms with Gasteiger partial charge < -0.3 is 10.1 Å². The van der Waals surface area contributed by atoms with Gasteiger partial charge in [0.25, 0.3) is 5.91 Å². The highest BCUT2D eigenvalue weighted by Gasteiger charge is 2.21. The molecule has 2 heterocycles. The quantitative estimate of drug-likeness (QED) is 0.606. The van der Waals surface area contributed by atoms with Gasteiger partial charge in [-0.1, -0.05) is 32.0 Å². The third-order valence-electron chi connectivity index (χ3n) is 4.55. The highest BCUT2D eigenvalue weighted by molar-refractivity contribution is 5.95. The van der Waals surface area contributed by atoms with Crippen molar-refractivity contribution < 1.29 is 9.53 Å². The summed E-state index contributed by atoms with van der Waals surface area (Å²) in [6, 6.07) is 13.7. The molecular weight excluding hydrogens is 352 g/mol. The first kappa shape index (κ1) is 19.6. The Balaban J connectivity index is 1.61. The number of nitrogens with zero attached hydrogens (tertiary/aromatic N) is 3. The fourth-order valence-corrected chi connectivity index (χ4v) is 3.13. The zero-order chi connectivity index (χ0) is 19.9. The molecule has 6 heteroatoms. The molecule has 3 aromatic rings. The monoisotopic (exact) mass is 378 g/mol. The minimum atomic E-state index is -0.0967. The molecule has 0 bridgehead atoms. The number of nitrogens with one attached hydrogen (secondary N) is 1. The van der Waals surface area contributed by atoms with Crippen molar-refractivity contribution in [1.82, 2.24) is 20.1 Å². The molecule has 1 amide bonds. The Hall–Kier alpha value is -3.15. The maximum absolute atomic E-state index is 12.7. The molecule has 0 aliphatic carbocycles. The molecule has 146 valence electrons. The minimum Gasteiger partial charge on any atom is -0.497 e. The third kappa shape index (κ3) is 4.57. The van der Waals surface area contributed by atoms with E-state index in [9.17, 15) is 4.79 Å². The number of rotatable bonds is 8. The summed E-state index contributed by atoms with van der Waals surface area (Å²) in [6.07, 6.45) is 5.11. The molecule has 3 rings (SSSR count). The number of hydrogen-bond acceptors (Lipinski definition) is 4. The summed E-state index contributed by atoms with van der Waals surface area (Å²) in [5.74, 6) is 1.61. The van der Waals surface area contributed by atoms with Crippen molar-refractivity contribution in [2.24, 2.45) is 0 Å². The molecule has 0 aliphatic heterocycles. The third-order valence-corrected chi connectivity index (χ3v) is 4.55. The second-order valence-corrected chi connectivity index (χ2v) is 6.91. The lowest BCUT2D eigenvalue weighted by molar-refractivity contribution is 0.0952. The number of pyridine rings is 1. The Morgan fingerprint density at radius 3 is 2.61 bits per heavy atom. The minimum absolute atomic E-state index is 0.0967. The van der Waals surface area contributed by atoms with E-state index in [1.54, 1.807) is 24.2 Å². The van der Waals surface area contributed by atoms with E-state index in [-0.39, 0.29) is 11.8 Å². The molecule has 1 N–H and O–H groups in total. The summed E-state index contributed by atoms with van der Waals surface area (Å²) < 4.78 is 6.92. The summed E-state index contributed by atoms with van der Waals surface area (Å²) in [5.41, 5.74) is 2.69. The summed E-state index contributed by atoms with van der Waals surface area (Å²) in [7, 11) is 1.66. The van der Waals surface area contributed by atoms with E-state index < -0.39 is 0 Å². The van der Waals surface area contributed by atoms with Crippen LogP contribution in [0.2, 0.25) is 0 Å². The van der Waals surface area contributed by atoms with Gasteiger partial charge >= 0.3 is 0 Å². The summed E-state index contributed by atoms with van der Waals surface area (Å²) in [5, 5.41) is 7.42. The van der Waals surface area contributed by atoms with Crippen LogP contribution in [0.5, 0.6) is 5.75 Å². The van der Waals surface area contributed by atoms with Gasteiger partial charge in [-0.15, -0.1) is 0 Å². The van der Waals surface area contributed by atoms with Crippen molar-refractivity contribution in [1.29, 1.82) is 0 Å². The number of carbonyl (C=O) groups excluding carboxylic acids is 1. The van der Waals surface area contributed by atoms with Crippen LogP contribution in [0, 0.1) is 0 Å². The zero-order valence-electron chi connectivity index (χ0n) is 16.6. The van der Waals surface area contributed by atoms with Crippen molar-refractivity contribution in [2.45, 2.75) is 32.6 Å². The van der Waals surface area contributed by atoms with E-state index in [4.69, 9.17) is 4.74 Å². The Kier molecular flexibility index (Phi) is 6.42. The molecule has 0 radical (unpaired) electrons. The molecule has 0 unspecified atom stereocenters. The van der Waals surface area contributed by atoms with Crippen LogP contribution in [0.1, 0.15) is 47.8 Å². The van der Waals surface area contributed by atoms with Crippen LogP contribution in [0.3, 0.4) is 0 Å². The molecule has 28 heavy (non-hydrogen) atoms. The number of aryl methyl sites for hydroxylation is 1. The fraction of sp³-hybridized carbons (Fsp3) is 0.318. The largest absolute Gasteiger partial charge is 0.497 e. The summed E-state index contributed by atoms with van der Waals surface area (Å²) in [6.45, 7) is 4.71. The highest BCUT2D eigenvalue weighted by Crippen LogP contribution is 2.22. The number of amides is 1. The molecule has 1 aromatic carbocycles. The number of hydrogen-bond donors (Lipinski definition) is 1. The van der Waals surface area contributed by atoms with Crippen molar-refractivity contribution in [3.8, 4) is 11.6 Å². The van der Waals surface area contributed by atoms with Crippen molar-refractivity contribution in [3.63, 3.8) is 0 Å². The van der Waals surface area contributed by atoms with Crippen molar-refractivity contribution >= 4 is 5.91 Å². The number of ether oxygens (including phenoxy) is 1. The molecule has 0 atom stereocenters. The molecule has 0 aliphatic rings. The fourth-order valence-electron chi connectivity index (χ4n) is 3.13. The van der Waals surface area contributed by atoms with Gasteiger partial charge in [-0.3, -0.25) is 4.79 Å². The van der Waals surface area contributed by atoms with E-state index in [0.29, 0.717) is 17.9 Å². The lowest BCUT2D eigenvalue weighted by atomic mass is 10.1. The van der Waals surface area contributed by atoms with Crippen molar-refractivity contribution in [2.75, 3.05) is 13.7 Å². The van der Waals surface area contributed by atoms with E-state index >= 15 is 0 Å². The van der Waals surface area contributed by atoms with Gasteiger partial charge in [-0.05, 0) is 48.6 Å². The molecule has 0 spiro atoms. The lowest BCUT2D eigenvalue weighted by Crippen LogP contribution is -2.26. The average Bonchev–Trinajstić information content (AvgIpc) is 3.18. The molecule has 0 fully saturated rings. The highest BCUT2D eigenvalue weighted by atomic mass is 16.5. The predicted octanol–water partition coefficient (Wildman–Crippen LogP) is 3.76. The average molecular weight is 378 g/mol. The standard InChI is InChI=1S/C22H26N4O2/c1-16(2)21-19(15-25-26(21)20-8-4-5-13-23-20)22(27)24-14-6-7-17-9-11-18(28-3)12-10-17/h4-5,8-13,15-16H,6-7,14H2,1-3H3,(H,24,27). The van der Waals surface area contributed by atoms with E-state index in [2.05, 4.69) is 41.4 Å². The summed E-state index contributed by atoms with van der Waals surface area (Å²) >= 11 is 0. The van der Waals surface area contributed by atoms with Crippen LogP contribution in [0.15, 0.2) is 54.9 Å². The number of aromatic nitrogens is 3. The molecule has 0 saturated heterocycles. The topological polar surface area (TPSA) is 69.0 Å². The van der Waals surface area contributed by atoms with Crippen LogP contribution in [-0.4, -0.2) is 34.3 Å². The number of methoxy groups -OCH3 is 1. The van der Waals surface area contributed by atoms with Crippen LogP contribution < -0.4 is 10.1 Å². The van der Waals surface area contributed by atoms with Gasteiger partial charge in [0.05, 0.1) is 24.6 Å². The molecule has 2 aromatic heterocycles. The Bertz CT molecular complexity index is 902. The lowest BCUT2D eigenvalue weighted by Gasteiger charge is -2.12. The second kappa shape index (κ2) is 9.17. The molecule has 6 nitrogen and oxygen atoms in total. The van der Waals surface area contributed by atoms with Crippen LogP contribution >= 0.6 is 0 Å². The van der Waals surface area contributed by atoms with E-state index in [0.717, 1.165) is 24.3 Å². The first-order chi connectivity index (χ1) is 13.6. The van der Waals surface area contributed by atoms with E-state index in [1.165, 1.54) is 5.56 Å². The van der Waals surface area contributed by atoms with Crippen LogP contribution in [-0.2, 0) is 6.42 Å². The van der Waals surface area contributed by atoms with Crippen LogP contribution in [0.4, 0.5) is 0 Å². The van der Waals surface area contributed by atoms with Gasteiger partial charge in [0.15, 0.2) is 5.82 Å². The van der Waals surface area contributed by atoms with Crippen LogP contribution in [0.25, 0.3) is 5.82 Å². The van der Waals surface area contributed by atoms with Gasteiger partial charge in [0.1, 0.15) is 5.75 Å². The first-order valence-corrected chi connectivity index (χ1v) is 9.50. The maximum Gasteiger partial charge on any atom is 0.254 e. The predicted molar refractivity (Wildman–Crippen MR) is 109 cm³/mol. The van der Waals surface area contributed by atoms with Gasteiger partial charge in [-0.25, -0.2) is 9.67 Å². The second-order valence-electron chi connectivity index (χ2n) is 6.91. The van der Waals surface area contributed by atoms with Crippen molar-refractivity contribution in [3.05, 3.63) is 71.7 Å². The molecular formula is C22H26N4O2. The van der Waals surface area contributed by atoms with E-state index in [1.807, 2.05) is 30.3 Å².